The number of imidazole rings is 1. The quantitative estimate of drug-likeness (QED) is 0.398. The van der Waals surface area contributed by atoms with Crippen LogP contribution in [0.2, 0.25) is 0 Å². The maximum atomic E-state index is 12.6. The molecule has 1 unspecified atom stereocenters. The third kappa shape index (κ3) is 3.39. The van der Waals surface area contributed by atoms with Gasteiger partial charge >= 0.3 is 0 Å². The summed E-state index contributed by atoms with van der Waals surface area (Å²) in [6, 6.07) is 17.9. The van der Waals surface area contributed by atoms with Crippen molar-refractivity contribution in [2.75, 3.05) is 0 Å². The lowest BCUT2D eigenvalue weighted by Crippen LogP contribution is -2.29. The summed E-state index contributed by atoms with van der Waals surface area (Å²) >= 11 is 0. The number of aryl methyl sites for hydroxylation is 2. The van der Waals surface area contributed by atoms with Crippen molar-refractivity contribution in [3.8, 4) is 17.0 Å². The maximum absolute atomic E-state index is 12.6. The molecular weight excluding hydrogens is 416 g/mol. The highest BCUT2D eigenvalue weighted by molar-refractivity contribution is 5.94. The summed E-state index contributed by atoms with van der Waals surface area (Å²) in [5, 5.41) is 22.5. The highest BCUT2D eigenvalue weighted by atomic mass is 16.3. The Morgan fingerprint density at radius 3 is 2.52 bits per heavy atom. The maximum Gasteiger partial charge on any atom is 0.251 e. The molecule has 7 nitrogen and oxygen atoms in total. The van der Waals surface area contributed by atoms with Crippen molar-refractivity contribution in [2.45, 2.75) is 12.5 Å². The van der Waals surface area contributed by atoms with Gasteiger partial charge in [0.15, 0.2) is 5.60 Å². The molecule has 3 heterocycles. The standard InChI is InChI=1S/C26H22N4O3/c1-16-4-3-5-17(10-16)26(33,24-14-27-15-29-24)18-6-9-23-21(11-18)20(12-25(32)30(23)2)22-8-7-19(31)13-28-22/h3-15,31,33H,1-2H3,(H,27,29). The Morgan fingerprint density at radius 2 is 1.82 bits per heavy atom. The molecule has 0 bridgehead atoms. The molecule has 33 heavy (non-hydrogen) atoms. The molecule has 164 valence electrons. The van der Waals surface area contributed by atoms with E-state index >= 15 is 0 Å². The van der Waals surface area contributed by atoms with Gasteiger partial charge in [-0.25, -0.2) is 4.98 Å². The lowest BCUT2D eigenvalue weighted by molar-refractivity contribution is 0.121. The molecule has 0 spiro atoms. The van der Waals surface area contributed by atoms with Crippen LogP contribution in [-0.2, 0) is 12.6 Å². The second-order valence-corrected chi connectivity index (χ2v) is 8.13. The van der Waals surface area contributed by atoms with E-state index in [9.17, 15) is 15.0 Å². The van der Waals surface area contributed by atoms with E-state index in [0.717, 1.165) is 10.9 Å². The monoisotopic (exact) mass is 438 g/mol. The van der Waals surface area contributed by atoms with Crippen molar-refractivity contribution < 1.29 is 10.2 Å². The average molecular weight is 438 g/mol. The summed E-state index contributed by atoms with van der Waals surface area (Å²) < 4.78 is 1.56. The Labute approximate surface area is 189 Å². The van der Waals surface area contributed by atoms with Crippen LogP contribution in [0.3, 0.4) is 0 Å². The van der Waals surface area contributed by atoms with Crippen LogP contribution in [-0.4, -0.2) is 29.7 Å². The fraction of sp³-hybridized carbons (Fsp3) is 0.115. The van der Waals surface area contributed by atoms with Gasteiger partial charge in [-0.2, -0.15) is 0 Å². The molecule has 3 aromatic heterocycles. The van der Waals surface area contributed by atoms with Gasteiger partial charge in [-0.05, 0) is 42.3 Å². The molecule has 5 aromatic rings. The largest absolute Gasteiger partial charge is 0.506 e. The van der Waals surface area contributed by atoms with Crippen LogP contribution in [0, 0.1) is 6.92 Å². The number of hydrogen-bond acceptors (Lipinski definition) is 5. The van der Waals surface area contributed by atoms with E-state index in [1.807, 2.05) is 49.4 Å². The fourth-order valence-electron chi connectivity index (χ4n) is 4.24. The van der Waals surface area contributed by atoms with E-state index < -0.39 is 5.60 Å². The first-order valence-electron chi connectivity index (χ1n) is 10.5. The van der Waals surface area contributed by atoms with Gasteiger partial charge in [-0.1, -0.05) is 35.9 Å². The summed E-state index contributed by atoms with van der Waals surface area (Å²) in [4.78, 5) is 24.1. The molecule has 3 N–H and O–H groups in total. The number of hydrogen-bond donors (Lipinski definition) is 3. The predicted octanol–water partition coefficient (Wildman–Crippen LogP) is 3.62. The smallest absolute Gasteiger partial charge is 0.251 e. The van der Waals surface area contributed by atoms with Gasteiger partial charge in [-0.15, -0.1) is 0 Å². The highest BCUT2D eigenvalue weighted by Gasteiger charge is 2.36. The number of aromatic amines is 1. The Hall–Kier alpha value is -4.23. The molecule has 2 aromatic carbocycles. The number of fused-ring (bicyclic) bond motifs is 1. The van der Waals surface area contributed by atoms with Crippen LogP contribution in [0.5, 0.6) is 5.75 Å². The van der Waals surface area contributed by atoms with E-state index in [-0.39, 0.29) is 11.3 Å². The molecule has 5 rings (SSSR count). The third-order valence-electron chi connectivity index (χ3n) is 6.01. The van der Waals surface area contributed by atoms with Crippen molar-refractivity contribution in [3.63, 3.8) is 0 Å². The lowest BCUT2D eigenvalue weighted by atomic mass is 9.82. The number of aromatic nitrogens is 4. The molecule has 0 aliphatic rings. The molecule has 0 fully saturated rings. The Kier molecular flexibility index (Phi) is 4.83. The minimum atomic E-state index is -1.49. The molecule has 0 saturated heterocycles. The fourth-order valence-corrected chi connectivity index (χ4v) is 4.24. The van der Waals surface area contributed by atoms with Crippen molar-refractivity contribution in [1.82, 2.24) is 19.5 Å². The topological polar surface area (TPSA) is 104 Å². The number of aromatic hydroxyl groups is 1. The van der Waals surface area contributed by atoms with Gasteiger partial charge in [0.25, 0.3) is 5.56 Å². The van der Waals surface area contributed by atoms with Crippen LogP contribution in [0.15, 0.2) is 84.2 Å². The summed E-state index contributed by atoms with van der Waals surface area (Å²) in [6.45, 7) is 1.97. The second-order valence-electron chi connectivity index (χ2n) is 8.13. The number of rotatable bonds is 4. The van der Waals surface area contributed by atoms with Gasteiger partial charge in [0.1, 0.15) is 5.75 Å². The normalized spacial score (nSPS) is 13.2. The number of nitrogens with zero attached hydrogens (tertiary/aromatic N) is 3. The Morgan fingerprint density at radius 1 is 1.00 bits per heavy atom. The number of H-pyrrole nitrogens is 1. The molecule has 0 amide bonds. The number of benzene rings is 2. The van der Waals surface area contributed by atoms with Crippen LogP contribution < -0.4 is 5.56 Å². The van der Waals surface area contributed by atoms with Crippen LogP contribution in [0.1, 0.15) is 22.4 Å². The predicted molar refractivity (Wildman–Crippen MR) is 126 cm³/mol. The first-order valence-corrected chi connectivity index (χ1v) is 10.5. The second kappa shape index (κ2) is 7.72. The minimum Gasteiger partial charge on any atom is -0.506 e. The number of nitrogens with one attached hydrogen (secondary N) is 1. The summed E-state index contributed by atoms with van der Waals surface area (Å²) in [5.74, 6) is 0.0423. The summed E-state index contributed by atoms with van der Waals surface area (Å²) in [7, 11) is 1.71. The zero-order chi connectivity index (χ0) is 23.2. The third-order valence-corrected chi connectivity index (χ3v) is 6.01. The van der Waals surface area contributed by atoms with Gasteiger partial charge in [0.05, 0.1) is 35.6 Å². The van der Waals surface area contributed by atoms with Crippen LogP contribution >= 0.6 is 0 Å². The molecule has 0 aliphatic heterocycles. The SMILES string of the molecule is Cc1cccc(C(O)(c2ccc3c(c2)c(-c2ccc(O)cn2)cc(=O)n3C)c2cnc[nH]2)c1. The first kappa shape index (κ1) is 20.7. The first-order chi connectivity index (χ1) is 15.9. The summed E-state index contributed by atoms with van der Waals surface area (Å²) in [5.41, 5.74) is 3.05. The molecule has 0 radical (unpaired) electrons. The summed E-state index contributed by atoms with van der Waals surface area (Å²) in [6.07, 6.45) is 4.48. The van der Waals surface area contributed by atoms with E-state index in [4.69, 9.17) is 0 Å². The number of pyridine rings is 2. The van der Waals surface area contributed by atoms with Gasteiger partial charge in [0, 0.05) is 24.1 Å². The van der Waals surface area contributed by atoms with Crippen LogP contribution in [0.4, 0.5) is 0 Å². The van der Waals surface area contributed by atoms with E-state index in [0.29, 0.717) is 33.6 Å². The van der Waals surface area contributed by atoms with Gasteiger partial charge in [0.2, 0.25) is 0 Å². The zero-order valence-electron chi connectivity index (χ0n) is 18.1. The molecule has 0 saturated carbocycles. The molecule has 7 heteroatoms. The van der Waals surface area contributed by atoms with Crippen molar-refractivity contribution in [2.24, 2.45) is 7.05 Å². The molecular formula is C26H22N4O3. The zero-order valence-corrected chi connectivity index (χ0v) is 18.1. The molecule has 0 aliphatic carbocycles. The highest BCUT2D eigenvalue weighted by Crippen LogP contribution is 2.38. The van der Waals surface area contributed by atoms with Crippen LogP contribution in [0.25, 0.3) is 22.2 Å². The van der Waals surface area contributed by atoms with Crippen molar-refractivity contribution in [3.05, 3.63) is 112 Å². The van der Waals surface area contributed by atoms with Crippen molar-refractivity contribution >= 4 is 10.9 Å². The lowest BCUT2D eigenvalue weighted by Gasteiger charge is -2.29. The Bertz CT molecular complexity index is 1520. The minimum absolute atomic E-state index is 0.0423. The average Bonchev–Trinajstić information content (AvgIpc) is 3.37. The van der Waals surface area contributed by atoms with E-state index in [2.05, 4.69) is 15.0 Å². The van der Waals surface area contributed by atoms with Gasteiger partial charge < -0.3 is 19.8 Å². The number of aliphatic hydroxyl groups is 1. The molecule has 1 atom stereocenters. The van der Waals surface area contributed by atoms with Crippen molar-refractivity contribution in [1.29, 1.82) is 0 Å². The van der Waals surface area contributed by atoms with Gasteiger partial charge in [-0.3, -0.25) is 9.78 Å². The van der Waals surface area contributed by atoms with E-state index in [1.54, 1.807) is 23.9 Å². The Balaban J connectivity index is 1.82. The van der Waals surface area contributed by atoms with E-state index in [1.165, 1.54) is 24.7 Å².